The summed E-state index contributed by atoms with van der Waals surface area (Å²) in [5.74, 6) is 1.30. The van der Waals surface area contributed by atoms with Gasteiger partial charge < -0.3 is 9.47 Å². The molecule has 27 heavy (non-hydrogen) atoms. The van der Waals surface area contributed by atoms with E-state index in [0.717, 1.165) is 16.8 Å². The summed E-state index contributed by atoms with van der Waals surface area (Å²) in [5, 5.41) is 5.61. The van der Waals surface area contributed by atoms with Gasteiger partial charge in [-0.3, -0.25) is 5.43 Å². The predicted octanol–water partition coefficient (Wildman–Crippen LogP) is 6.03. The van der Waals surface area contributed by atoms with Gasteiger partial charge in [0.1, 0.15) is 6.61 Å². The van der Waals surface area contributed by atoms with E-state index in [-0.39, 0.29) is 0 Å². The van der Waals surface area contributed by atoms with Crippen molar-refractivity contribution in [2.75, 3.05) is 12.5 Å². The van der Waals surface area contributed by atoms with Crippen LogP contribution >= 0.6 is 23.2 Å². The molecule has 4 nitrogen and oxygen atoms in total. The number of halogens is 2. The van der Waals surface area contributed by atoms with Crippen molar-refractivity contribution in [1.29, 1.82) is 0 Å². The van der Waals surface area contributed by atoms with E-state index in [0.29, 0.717) is 28.2 Å². The molecule has 0 radical (unpaired) electrons. The van der Waals surface area contributed by atoms with Crippen LogP contribution in [0.4, 0.5) is 5.69 Å². The first-order valence-electron chi connectivity index (χ1n) is 8.24. The summed E-state index contributed by atoms with van der Waals surface area (Å²) in [6.45, 7) is 0.430. The van der Waals surface area contributed by atoms with Crippen molar-refractivity contribution in [3.63, 3.8) is 0 Å². The van der Waals surface area contributed by atoms with E-state index in [9.17, 15) is 0 Å². The molecule has 0 aliphatic carbocycles. The molecule has 0 spiro atoms. The Morgan fingerprint density at radius 2 is 1.56 bits per heavy atom. The molecule has 0 aliphatic rings. The first-order valence-corrected chi connectivity index (χ1v) is 8.99. The normalized spacial score (nSPS) is 10.8. The Balaban J connectivity index is 1.63. The van der Waals surface area contributed by atoms with E-state index in [2.05, 4.69) is 10.5 Å². The summed E-state index contributed by atoms with van der Waals surface area (Å²) in [4.78, 5) is 0. The minimum absolute atomic E-state index is 0.430. The average molecular weight is 401 g/mol. The van der Waals surface area contributed by atoms with E-state index < -0.39 is 0 Å². The number of methoxy groups -OCH3 is 1. The lowest BCUT2D eigenvalue weighted by molar-refractivity contribution is 0.284. The third kappa shape index (κ3) is 5.64. The summed E-state index contributed by atoms with van der Waals surface area (Å²) < 4.78 is 11.3. The monoisotopic (exact) mass is 400 g/mol. The number of hydrogen-bond acceptors (Lipinski definition) is 4. The third-order valence-corrected chi connectivity index (χ3v) is 4.25. The van der Waals surface area contributed by atoms with E-state index in [1.807, 2.05) is 54.6 Å². The smallest absolute Gasteiger partial charge is 0.161 e. The van der Waals surface area contributed by atoms with Crippen molar-refractivity contribution < 1.29 is 9.47 Å². The van der Waals surface area contributed by atoms with Crippen molar-refractivity contribution >= 4 is 35.1 Å². The molecule has 3 aromatic carbocycles. The first kappa shape index (κ1) is 19.1. The molecule has 0 bridgehead atoms. The fraction of sp³-hybridized carbons (Fsp3) is 0.0952. The second-order valence-electron chi connectivity index (χ2n) is 5.70. The lowest BCUT2D eigenvalue weighted by atomic mass is 10.2. The van der Waals surface area contributed by atoms with E-state index in [4.69, 9.17) is 32.7 Å². The second-order valence-corrected chi connectivity index (χ2v) is 6.58. The Labute approximate surface area is 168 Å². The molecule has 0 atom stereocenters. The van der Waals surface area contributed by atoms with Crippen molar-refractivity contribution in [3.05, 3.63) is 87.9 Å². The lowest BCUT2D eigenvalue weighted by Crippen LogP contribution is -1.98. The standard InChI is InChI=1S/C21H18Cl2N2O2/c1-26-21-12-16(13-24-25-19-9-7-18(23)8-10-19)4-11-20(21)27-14-15-2-5-17(22)6-3-15/h2-13,25H,14H2,1H3/b24-13-. The van der Waals surface area contributed by atoms with Crippen LogP contribution < -0.4 is 14.9 Å². The summed E-state index contributed by atoms with van der Waals surface area (Å²) in [7, 11) is 1.61. The lowest BCUT2D eigenvalue weighted by Gasteiger charge is -2.11. The SMILES string of the molecule is COc1cc(/C=N\Nc2ccc(Cl)cc2)ccc1OCc1ccc(Cl)cc1. The first-order chi connectivity index (χ1) is 13.1. The zero-order chi connectivity index (χ0) is 19.1. The summed E-state index contributed by atoms with van der Waals surface area (Å²) in [6, 6.07) is 20.5. The number of nitrogens with one attached hydrogen (secondary N) is 1. The topological polar surface area (TPSA) is 42.8 Å². The van der Waals surface area contributed by atoms with Crippen LogP contribution in [0.5, 0.6) is 11.5 Å². The molecule has 0 heterocycles. The quantitative estimate of drug-likeness (QED) is 0.389. The van der Waals surface area contributed by atoms with E-state index in [1.54, 1.807) is 25.5 Å². The van der Waals surface area contributed by atoms with Crippen LogP contribution in [0.2, 0.25) is 10.0 Å². The molecule has 0 amide bonds. The highest BCUT2D eigenvalue weighted by Crippen LogP contribution is 2.28. The molecule has 0 unspecified atom stereocenters. The number of hydrogen-bond donors (Lipinski definition) is 1. The number of hydrazone groups is 1. The molecule has 0 saturated heterocycles. The van der Waals surface area contributed by atoms with Crippen LogP contribution in [-0.4, -0.2) is 13.3 Å². The van der Waals surface area contributed by atoms with Gasteiger partial charge in [-0.1, -0.05) is 35.3 Å². The van der Waals surface area contributed by atoms with E-state index in [1.165, 1.54) is 0 Å². The predicted molar refractivity (Wildman–Crippen MR) is 111 cm³/mol. The van der Waals surface area contributed by atoms with Gasteiger partial charge in [0.05, 0.1) is 19.0 Å². The van der Waals surface area contributed by atoms with Crippen LogP contribution in [0.1, 0.15) is 11.1 Å². The van der Waals surface area contributed by atoms with Crippen molar-refractivity contribution in [3.8, 4) is 11.5 Å². The highest BCUT2D eigenvalue weighted by atomic mass is 35.5. The average Bonchev–Trinajstić information content (AvgIpc) is 2.69. The molecule has 6 heteroatoms. The van der Waals surface area contributed by atoms with Crippen molar-refractivity contribution in [2.24, 2.45) is 5.10 Å². The van der Waals surface area contributed by atoms with Crippen LogP contribution in [0.25, 0.3) is 0 Å². The second kappa shape index (κ2) is 9.31. The fourth-order valence-electron chi connectivity index (χ4n) is 2.33. The van der Waals surface area contributed by atoms with Gasteiger partial charge in [-0.05, 0) is 65.7 Å². The molecule has 1 N–H and O–H groups in total. The van der Waals surface area contributed by atoms with Gasteiger partial charge in [-0.25, -0.2) is 0 Å². The fourth-order valence-corrected chi connectivity index (χ4v) is 2.58. The molecule has 3 aromatic rings. The Hall–Kier alpha value is -2.69. The Morgan fingerprint density at radius 1 is 0.889 bits per heavy atom. The summed E-state index contributed by atoms with van der Waals surface area (Å²) >= 11 is 11.8. The third-order valence-electron chi connectivity index (χ3n) is 3.75. The van der Waals surface area contributed by atoms with Gasteiger partial charge >= 0.3 is 0 Å². The molecule has 138 valence electrons. The van der Waals surface area contributed by atoms with Gasteiger partial charge in [-0.15, -0.1) is 0 Å². The molecular formula is C21H18Cl2N2O2. The maximum Gasteiger partial charge on any atom is 0.161 e. The molecular weight excluding hydrogens is 383 g/mol. The van der Waals surface area contributed by atoms with Gasteiger partial charge in [-0.2, -0.15) is 5.10 Å². The zero-order valence-electron chi connectivity index (χ0n) is 14.7. The van der Waals surface area contributed by atoms with Crippen LogP contribution in [0.3, 0.4) is 0 Å². The Kier molecular flexibility index (Phi) is 6.58. The van der Waals surface area contributed by atoms with Crippen LogP contribution in [-0.2, 0) is 6.61 Å². The van der Waals surface area contributed by atoms with Crippen molar-refractivity contribution in [2.45, 2.75) is 6.61 Å². The largest absolute Gasteiger partial charge is 0.493 e. The molecule has 0 saturated carbocycles. The molecule has 3 rings (SSSR count). The maximum absolute atomic E-state index is 5.90. The van der Waals surface area contributed by atoms with Gasteiger partial charge in [0, 0.05) is 10.0 Å². The Bertz CT molecular complexity index is 910. The van der Waals surface area contributed by atoms with Gasteiger partial charge in [0.15, 0.2) is 11.5 Å². The maximum atomic E-state index is 5.90. The number of rotatable bonds is 7. The number of nitrogens with zero attached hydrogens (tertiary/aromatic N) is 1. The summed E-state index contributed by atoms with van der Waals surface area (Å²) in [5.41, 5.74) is 5.71. The molecule has 0 aromatic heterocycles. The van der Waals surface area contributed by atoms with Crippen LogP contribution in [0.15, 0.2) is 71.8 Å². The van der Waals surface area contributed by atoms with Gasteiger partial charge in [0.25, 0.3) is 0 Å². The Morgan fingerprint density at radius 3 is 2.22 bits per heavy atom. The zero-order valence-corrected chi connectivity index (χ0v) is 16.2. The molecule has 0 fully saturated rings. The molecule has 0 aliphatic heterocycles. The minimum Gasteiger partial charge on any atom is -0.493 e. The van der Waals surface area contributed by atoms with Crippen LogP contribution in [0, 0.1) is 0 Å². The van der Waals surface area contributed by atoms with E-state index >= 15 is 0 Å². The number of benzene rings is 3. The minimum atomic E-state index is 0.430. The van der Waals surface area contributed by atoms with Crippen molar-refractivity contribution in [1.82, 2.24) is 0 Å². The number of ether oxygens (including phenoxy) is 2. The van der Waals surface area contributed by atoms with Gasteiger partial charge in [0.2, 0.25) is 0 Å². The highest BCUT2D eigenvalue weighted by Gasteiger charge is 2.06. The highest BCUT2D eigenvalue weighted by molar-refractivity contribution is 6.30. The number of anilines is 1. The summed E-state index contributed by atoms with van der Waals surface area (Å²) in [6.07, 6.45) is 1.71.